The van der Waals surface area contributed by atoms with Crippen LogP contribution in [0.1, 0.15) is 6.92 Å². The highest BCUT2D eigenvalue weighted by molar-refractivity contribution is 5.80. The fourth-order valence-corrected chi connectivity index (χ4v) is 2.50. The van der Waals surface area contributed by atoms with E-state index in [1.165, 1.54) is 0 Å². The maximum Gasteiger partial charge on any atom is 0.336 e. The van der Waals surface area contributed by atoms with Crippen molar-refractivity contribution in [2.24, 2.45) is 0 Å². The second-order valence-electron chi connectivity index (χ2n) is 5.70. The van der Waals surface area contributed by atoms with Crippen molar-refractivity contribution in [1.82, 2.24) is 24.6 Å². The van der Waals surface area contributed by atoms with Crippen LogP contribution in [0.4, 0.5) is 0 Å². The van der Waals surface area contributed by atoms with Gasteiger partial charge in [0.2, 0.25) is 0 Å². The summed E-state index contributed by atoms with van der Waals surface area (Å²) in [6, 6.07) is 9.86. The predicted molar refractivity (Wildman–Crippen MR) is 85.5 cm³/mol. The van der Waals surface area contributed by atoms with Crippen molar-refractivity contribution in [2.75, 3.05) is 33.2 Å². The zero-order valence-electron chi connectivity index (χ0n) is 13.4. The molecule has 0 N–H and O–H groups in total. The molecule has 0 spiro atoms. The first-order valence-electron chi connectivity index (χ1n) is 7.74. The SMILES string of the molecule is CC(Oc1ncn(-c2ccccc2)n1)C(=O)N1CCN(C)CC1. The van der Waals surface area contributed by atoms with Gasteiger partial charge < -0.3 is 14.5 Å². The molecule has 1 saturated heterocycles. The maximum absolute atomic E-state index is 12.4. The van der Waals surface area contributed by atoms with Crippen molar-refractivity contribution in [3.63, 3.8) is 0 Å². The zero-order chi connectivity index (χ0) is 16.2. The summed E-state index contributed by atoms with van der Waals surface area (Å²) in [5.41, 5.74) is 0.896. The third-order valence-electron chi connectivity index (χ3n) is 3.94. The van der Waals surface area contributed by atoms with E-state index < -0.39 is 6.10 Å². The number of piperazine rings is 1. The van der Waals surface area contributed by atoms with E-state index in [-0.39, 0.29) is 11.9 Å². The lowest BCUT2D eigenvalue weighted by Crippen LogP contribution is -2.50. The number of benzene rings is 1. The summed E-state index contributed by atoms with van der Waals surface area (Å²) < 4.78 is 7.24. The molecule has 0 radical (unpaired) electrons. The molecule has 0 aliphatic carbocycles. The van der Waals surface area contributed by atoms with Crippen molar-refractivity contribution in [1.29, 1.82) is 0 Å². The molecule has 1 amide bonds. The van der Waals surface area contributed by atoms with Gasteiger partial charge in [0, 0.05) is 26.2 Å². The number of carbonyl (C=O) groups excluding carboxylic acids is 1. The molecule has 2 aromatic rings. The minimum absolute atomic E-state index is 0.0193. The Morgan fingerprint density at radius 1 is 1.17 bits per heavy atom. The van der Waals surface area contributed by atoms with Gasteiger partial charge in [0.15, 0.2) is 6.10 Å². The van der Waals surface area contributed by atoms with Crippen LogP contribution in [-0.4, -0.2) is 69.8 Å². The minimum atomic E-state index is -0.593. The van der Waals surface area contributed by atoms with Crippen LogP contribution >= 0.6 is 0 Å². The number of likely N-dealkylation sites (N-methyl/N-ethyl adjacent to an activating group) is 1. The Balaban J connectivity index is 1.61. The maximum atomic E-state index is 12.4. The molecule has 7 nitrogen and oxygen atoms in total. The van der Waals surface area contributed by atoms with Crippen LogP contribution in [0.15, 0.2) is 36.7 Å². The fraction of sp³-hybridized carbons (Fsp3) is 0.438. The number of nitrogens with zero attached hydrogens (tertiary/aromatic N) is 5. The largest absolute Gasteiger partial charge is 0.449 e. The Hall–Kier alpha value is -2.41. The molecule has 122 valence electrons. The van der Waals surface area contributed by atoms with Crippen LogP contribution in [0.5, 0.6) is 6.01 Å². The summed E-state index contributed by atoms with van der Waals surface area (Å²) in [5.74, 6) is -0.0193. The zero-order valence-corrected chi connectivity index (χ0v) is 13.4. The molecule has 1 aromatic heterocycles. The summed E-state index contributed by atoms with van der Waals surface area (Å²) in [4.78, 5) is 20.6. The molecular weight excluding hydrogens is 294 g/mol. The van der Waals surface area contributed by atoms with E-state index in [2.05, 4.69) is 22.0 Å². The smallest absolute Gasteiger partial charge is 0.336 e. The first-order chi connectivity index (χ1) is 11.1. The molecule has 1 fully saturated rings. The van der Waals surface area contributed by atoms with E-state index in [4.69, 9.17) is 4.74 Å². The number of rotatable bonds is 4. The summed E-state index contributed by atoms with van der Waals surface area (Å²) >= 11 is 0. The lowest BCUT2D eigenvalue weighted by atomic mass is 10.2. The van der Waals surface area contributed by atoms with Gasteiger partial charge in [-0.1, -0.05) is 18.2 Å². The van der Waals surface area contributed by atoms with Crippen LogP contribution in [-0.2, 0) is 4.79 Å². The molecular formula is C16H21N5O2. The average molecular weight is 315 g/mol. The highest BCUT2D eigenvalue weighted by Crippen LogP contribution is 2.11. The molecule has 2 heterocycles. The van der Waals surface area contributed by atoms with Gasteiger partial charge in [0.1, 0.15) is 6.33 Å². The Labute approximate surface area is 135 Å². The molecule has 23 heavy (non-hydrogen) atoms. The number of amides is 1. The van der Waals surface area contributed by atoms with Crippen LogP contribution in [0.2, 0.25) is 0 Å². The molecule has 0 saturated carbocycles. The highest BCUT2D eigenvalue weighted by Gasteiger charge is 2.25. The normalized spacial score (nSPS) is 17.0. The van der Waals surface area contributed by atoms with E-state index in [1.807, 2.05) is 35.2 Å². The van der Waals surface area contributed by atoms with Gasteiger partial charge in [0.25, 0.3) is 5.91 Å². The monoisotopic (exact) mass is 315 g/mol. The van der Waals surface area contributed by atoms with Crippen molar-refractivity contribution < 1.29 is 9.53 Å². The van der Waals surface area contributed by atoms with E-state index in [1.54, 1.807) is 17.9 Å². The van der Waals surface area contributed by atoms with E-state index in [9.17, 15) is 4.79 Å². The number of para-hydroxylation sites is 1. The standard InChI is InChI=1S/C16H21N5O2/c1-13(15(22)20-10-8-19(2)9-11-20)23-16-17-12-21(18-16)14-6-4-3-5-7-14/h3-7,12-13H,8-11H2,1-2H3. The number of ether oxygens (including phenoxy) is 1. The van der Waals surface area contributed by atoms with Crippen molar-refractivity contribution in [2.45, 2.75) is 13.0 Å². The Morgan fingerprint density at radius 3 is 2.57 bits per heavy atom. The highest BCUT2D eigenvalue weighted by atomic mass is 16.5. The fourth-order valence-electron chi connectivity index (χ4n) is 2.50. The van der Waals surface area contributed by atoms with Gasteiger partial charge in [0.05, 0.1) is 5.69 Å². The third kappa shape index (κ3) is 3.68. The van der Waals surface area contributed by atoms with Crippen LogP contribution in [0.3, 0.4) is 0 Å². The molecule has 0 bridgehead atoms. The topological polar surface area (TPSA) is 63.5 Å². The average Bonchev–Trinajstić information content (AvgIpc) is 3.04. The van der Waals surface area contributed by atoms with Crippen LogP contribution in [0.25, 0.3) is 5.69 Å². The molecule has 3 rings (SSSR count). The summed E-state index contributed by atoms with van der Waals surface area (Å²) in [6.45, 7) is 4.98. The van der Waals surface area contributed by atoms with Gasteiger partial charge in [-0.2, -0.15) is 4.98 Å². The van der Waals surface area contributed by atoms with Gasteiger partial charge in [-0.25, -0.2) is 4.68 Å². The van der Waals surface area contributed by atoms with Crippen LogP contribution in [0, 0.1) is 0 Å². The Bertz CT molecular complexity index is 650. The minimum Gasteiger partial charge on any atom is -0.449 e. The van der Waals surface area contributed by atoms with E-state index in [0.29, 0.717) is 0 Å². The second kappa shape index (κ2) is 6.78. The first-order valence-corrected chi connectivity index (χ1v) is 7.74. The lowest BCUT2D eigenvalue weighted by Gasteiger charge is -2.33. The lowest BCUT2D eigenvalue weighted by molar-refractivity contribution is -0.139. The second-order valence-corrected chi connectivity index (χ2v) is 5.70. The number of aromatic nitrogens is 3. The summed E-state index contributed by atoms with van der Waals surface area (Å²) in [5, 5.41) is 4.26. The number of hydrogen-bond acceptors (Lipinski definition) is 5. The molecule has 1 atom stereocenters. The molecule has 1 aromatic carbocycles. The summed E-state index contributed by atoms with van der Waals surface area (Å²) in [7, 11) is 2.06. The summed E-state index contributed by atoms with van der Waals surface area (Å²) in [6.07, 6.45) is 0.989. The molecule has 1 unspecified atom stereocenters. The Kier molecular flexibility index (Phi) is 4.57. The van der Waals surface area contributed by atoms with Crippen molar-refractivity contribution in [3.05, 3.63) is 36.7 Å². The first kappa shape index (κ1) is 15.5. The van der Waals surface area contributed by atoms with E-state index >= 15 is 0 Å². The molecule has 1 aliphatic heterocycles. The van der Waals surface area contributed by atoms with E-state index in [0.717, 1.165) is 31.9 Å². The van der Waals surface area contributed by atoms with Gasteiger partial charge in [-0.3, -0.25) is 4.79 Å². The van der Waals surface area contributed by atoms with Gasteiger partial charge in [-0.15, -0.1) is 5.10 Å². The van der Waals surface area contributed by atoms with Crippen molar-refractivity contribution >= 4 is 5.91 Å². The Morgan fingerprint density at radius 2 is 1.87 bits per heavy atom. The predicted octanol–water partition coefficient (Wildman–Crippen LogP) is 0.809. The number of hydrogen-bond donors (Lipinski definition) is 0. The third-order valence-corrected chi connectivity index (χ3v) is 3.94. The molecule has 1 aliphatic rings. The van der Waals surface area contributed by atoms with Gasteiger partial charge >= 0.3 is 6.01 Å². The number of carbonyl (C=O) groups is 1. The molecule has 7 heteroatoms. The van der Waals surface area contributed by atoms with Crippen molar-refractivity contribution in [3.8, 4) is 11.7 Å². The quantitative estimate of drug-likeness (QED) is 0.835. The van der Waals surface area contributed by atoms with Crippen LogP contribution < -0.4 is 4.74 Å². The van der Waals surface area contributed by atoms with Gasteiger partial charge in [-0.05, 0) is 26.1 Å².